The summed E-state index contributed by atoms with van der Waals surface area (Å²) in [6, 6.07) is 9.33. The van der Waals surface area contributed by atoms with Gasteiger partial charge >= 0.3 is 0 Å². The number of amides is 1. The molecule has 0 aliphatic carbocycles. The molecule has 3 N–H and O–H groups in total. The maximum absolute atomic E-state index is 12.3. The van der Waals surface area contributed by atoms with Crippen LogP contribution in [0.5, 0.6) is 0 Å². The summed E-state index contributed by atoms with van der Waals surface area (Å²) in [6.07, 6.45) is 1.45. The normalized spacial score (nSPS) is 11.1. The second-order valence-electron chi connectivity index (χ2n) is 5.70. The molecule has 26 heavy (non-hydrogen) atoms. The van der Waals surface area contributed by atoms with Gasteiger partial charge in [0.2, 0.25) is 0 Å². The number of carbonyl (C=O) groups is 1. The molecule has 3 aromatic heterocycles. The third-order valence-corrected chi connectivity index (χ3v) is 4.65. The predicted molar refractivity (Wildman–Crippen MR) is 96.7 cm³/mol. The van der Waals surface area contributed by atoms with Crippen molar-refractivity contribution >= 4 is 28.7 Å². The molecule has 0 atom stereocenters. The number of furan rings is 1. The Morgan fingerprint density at radius 2 is 2.23 bits per heavy atom. The number of fused-ring (bicyclic) bond motifs is 1. The number of hydrogen-bond donors (Lipinski definition) is 3. The van der Waals surface area contributed by atoms with Gasteiger partial charge in [-0.3, -0.25) is 9.89 Å². The number of thioether (sulfide) groups is 1. The number of benzene rings is 1. The minimum atomic E-state index is -0.248. The minimum absolute atomic E-state index is 0.248. The smallest absolute Gasteiger partial charge is 0.287 e. The van der Waals surface area contributed by atoms with E-state index >= 15 is 0 Å². The van der Waals surface area contributed by atoms with E-state index in [1.807, 2.05) is 25.1 Å². The average molecular weight is 368 g/mol. The summed E-state index contributed by atoms with van der Waals surface area (Å²) in [5.41, 5.74) is 2.86. The van der Waals surface area contributed by atoms with Gasteiger partial charge in [-0.25, -0.2) is 9.97 Å². The van der Waals surface area contributed by atoms with E-state index in [4.69, 9.17) is 4.42 Å². The molecule has 0 spiro atoms. The first kappa shape index (κ1) is 16.4. The minimum Gasteiger partial charge on any atom is -0.455 e. The van der Waals surface area contributed by atoms with Gasteiger partial charge in [0.15, 0.2) is 10.9 Å². The third kappa shape index (κ3) is 3.62. The van der Waals surface area contributed by atoms with Gasteiger partial charge in [0.25, 0.3) is 5.91 Å². The van der Waals surface area contributed by atoms with Crippen LogP contribution in [0.3, 0.4) is 0 Å². The number of rotatable bonds is 6. The van der Waals surface area contributed by atoms with Crippen LogP contribution in [-0.4, -0.2) is 31.1 Å². The van der Waals surface area contributed by atoms with Gasteiger partial charge in [0.1, 0.15) is 17.9 Å². The molecule has 132 valence electrons. The van der Waals surface area contributed by atoms with Crippen LogP contribution in [0, 0.1) is 6.92 Å². The molecule has 8 nitrogen and oxygen atoms in total. The monoisotopic (exact) mass is 368 g/mol. The molecule has 4 rings (SSSR count). The van der Waals surface area contributed by atoms with Crippen LogP contribution in [0.4, 0.5) is 0 Å². The molecule has 0 aliphatic rings. The Kier molecular flexibility index (Phi) is 4.44. The molecule has 0 saturated heterocycles. The lowest BCUT2D eigenvalue weighted by Gasteiger charge is -2.03. The predicted octanol–water partition coefficient (Wildman–Crippen LogP) is 2.80. The summed E-state index contributed by atoms with van der Waals surface area (Å²) in [5, 5.41) is 10.1. The molecule has 0 saturated carbocycles. The van der Waals surface area contributed by atoms with E-state index in [-0.39, 0.29) is 11.7 Å². The maximum Gasteiger partial charge on any atom is 0.287 e. The van der Waals surface area contributed by atoms with Crippen molar-refractivity contribution in [3.8, 4) is 0 Å². The highest BCUT2D eigenvalue weighted by Gasteiger charge is 2.12. The third-order valence-electron chi connectivity index (χ3n) is 3.75. The molecular formula is C17H16N6O2S. The maximum atomic E-state index is 12.3. The highest BCUT2D eigenvalue weighted by atomic mass is 32.2. The Bertz CT molecular complexity index is 1040. The number of hydrogen-bond acceptors (Lipinski definition) is 6. The molecule has 9 heteroatoms. The lowest BCUT2D eigenvalue weighted by atomic mass is 10.2. The quantitative estimate of drug-likeness (QED) is 0.451. The van der Waals surface area contributed by atoms with Gasteiger partial charge in [0.05, 0.1) is 16.8 Å². The van der Waals surface area contributed by atoms with Crippen molar-refractivity contribution in [1.82, 2.24) is 30.5 Å². The SMILES string of the molecule is Cc1nc2ccc(CNC(=O)c3ccc(CSc4ncn[nH]4)o3)cc2[nH]1. The molecule has 0 bridgehead atoms. The Labute approximate surface area is 152 Å². The molecule has 3 heterocycles. The van der Waals surface area contributed by atoms with Crippen LogP contribution in [0.1, 0.15) is 27.7 Å². The van der Waals surface area contributed by atoms with Crippen molar-refractivity contribution in [3.05, 3.63) is 59.6 Å². The zero-order chi connectivity index (χ0) is 17.9. The van der Waals surface area contributed by atoms with E-state index in [1.54, 1.807) is 12.1 Å². The Balaban J connectivity index is 1.35. The van der Waals surface area contributed by atoms with Crippen LogP contribution in [0.25, 0.3) is 11.0 Å². The standard InChI is InChI=1S/C17H16N6O2S/c1-10-21-13-4-2-11(6-14(13)22-10)7-18-16(24)15-5-3-12(25-15)8-26-17-19-9-20-23-17/h2-6,9H,7-8H2,1H3,(H,18,24)(H,21,22)(H,19,20,23). The van der Waals surface area contributed by atoms with Gasteiger partial charge in [-0.1, -0.05) is 17.8 Å². The van der Waals surface area contributed by atoms with Crippen LogP contribution < -0.4 is 5.32 Å². The summed E-state index contributed by atoms with van der Waals surface area (Å²) in [4.78, 5) is 23.9. The van der Waals surface area contributed by atoms with E-state index in [0.717, 1.165) is 22.4 Å². The number of aromatic amines is 2. The first-order valence-electron chi connectivity index (χ1n) is 7.98. The lowest BCUT2D eigenvalue weighted by Crippen LogP contribution is -2.22. The fraction of sp³-hybridized carbons (Fsp3) is 0.176. The summed E-state index contributed by atoms with van der Waals surface area (Å²) in [5.74, 6) is 2.18. The number of nitrogens with one attached hydrogen (secondary N) is 3. The molecule has 1 amide bonds. The van der Waals surface area contributed by atoms with Gasteiger partial charge < -0.3 is 14.7 Å². The van der Waals surface area contributed by atoms with Crippen molar-refractivity contribution in [2.24, 2.45) is 0 Å². The Hall–Kier alpha value is -3.07. The Morgan fingerprint density at radius 3 is 3.08 bits per heavy atom. The van der Waals surface area contributed by atoms with E-state index in [9.17, 15) is 4.79 Å². The van der Waals surface area contributed by atoms with Gasteiger partial charge in [-0.2, -0.15) is 5.10 Å². The summed E-state index contributed by atoms with van der Waals surface area (Å²) in [7, 11) is 0. The second kappa shape index (κ2) is 7.04. The Morgan fingerprint density at radius 1 is 1.31 bits per heavy atom. The van der Waals surface area contributed by atoms with Crippen LogP contribution in [-0.2, 0) is 12.3 Å². The van der Waals surface area contributed by atoms with Crippen molar-refractivity contribution in [3.63, 3.8) is 0 Å². The fourth-order valence-electron chi connectivity index (χ4n) is 2.54. The van der Waals surface area contributed by atoms with Crippen molar-refractivity contribution in [2.45, 2.75) is 24.4 Å². The van der Waals surface area contributed by atoms with Gasteiger partial charge in [-0.05, 0) is 36.8 Å². The molecular weight excluding hydrogens is 352 g/mol. The molecule has 1 aromatic carbocycles. The summed E-state index contributed by atoms with van der Waals surface area (Å²) >= 11 is 1.45. The molecule has 4 aromatic rings. The second-order valence-corrected chi connectivity index (χ2v) is 6.67. The first-order chi connectivity index (χ1) is 12.7. The topological polar surface area (TPSA) is 112 Å². The summed E-state index contributed by atoms with van der Waals surface area (Å²) < 4.78 is 5.59. The van der Waals surface area contributed by atoms with Crippen LogP contribution in [0.15, 0.2) is 46.2 Å². The highest BCUT2D eigenvalue weighted by Crippen LogP contribution is 2.20. The van der Waals surface area contributed by atoms with E-state index in [2.05, 4.69) is 30.5 Å². The number of carbonyl (C=O) groups excluding carboxylic acids is 1. The zero-order valence-electron chi connectivity index (χ0n) is 13.9. The largest absolute Gasteiger partial charge is 0.455 e. The molecule has 0 unspecified atom stereocenters. The number of aromatic nitrogens is 5. The van der Waals surface area contributed by atoms with E-state index < -0.39 is 0 Å². The molecule has 0 fully saturated rings. The number of aryl methyl sites for hydroxylation is 1. The number of imidazole rings is 1. The van der Waals surface area contributed by atoms with Gasteiger partial charge in [0, 0.05) is 6.54 Å². The van der Waals surface area contributed by atoms with Crippen molar-refractivity contribution < 1.29 is 9.21 Å². The fourth-order valence-corrected chi connectivity index (χ4v) is 3.22. The van der Waals surface area contributed by atoms with E-state index in [1.165, 1.54) is 18.1 Å². The van der Waals surface area contributed by atoms with E-state index in [0.29, 0.717) is 23.2 Å². The lowest BCUT2D eigenvalue weighted by molar-refractivity contribution is 0.0922. The van der Waals surface area contributed by atoms with Crippen molar-refractivity contribution in [2.75, 3.05) is 0 Å². The number of H-pyrrole nitrogens is 2. The average Bonchev–Trinajstić information content (AvgIpc) is 3.37. The first-order valence-corrected chi connectivity index (χ1v) is 8.96. The summed E-state index contributed by atoms with van der Waals surface area (Å²) in [6.45, 7) is 2.33. The van der Waals surface area contributed by atoms with Crippen molar-refractivity contribution in [1.29, 1.82) is 0 Å². The number of nitrogens with zero attached hydrogens (tertiary/aromatic N) is 3. The molecule has 0 aliphatic heterocycles. The van der Waals surface area contributed by atoms with Crippen LogP contribution in [0.2, 0.25) is 0 Å². The zero-order valence-corrected chi connectivity index (χ0v) is 14.8. The molecule has 0 radical (unpaired) electrons. The highest BCUT2D eigenvalue weighted by molar-refractivity contribution is 7.98. The van der Waals surface area contributed by atoms with Crippen LogP contribution >= 0.6 is 11.8 Å². The van der Waals surface area contributed by atoms with Gasteiger partial charge in [-0.15, -0.1) is 0 Å².